The third kappa shape index (κ3) is 2.46. The maximum absolute atomic E-state index is 10.5. The van der Waals surface area contributed by atoms with Crippen LogP contribution in [-0.2, 0) is 6.42 Å². The maximum Gasteiger partial charge on any atom is 0.0812 e. The first-order chi connectivity index (χ1) is 9.84. The van der Waals surface area contributed by atoms with Crippen LogP contribution in [0.25, 0.3) is 0 Å². The number of hydrogen-bond acceptors (Lipinski definition) is 1. The van der Waals surface area contributed by atoms with Crippen LogP contribution < -0.4 is 0 Å². The first kappa shape index (κ1) is 15.1. The molecule has 1 heterocycles. The summed E-state index contributed by atoms with van der Waals surface area (Å²) >= 11 is 0. The molecule has 0 aliphatic heterocycles. The Bertz CT molecular complexity index is 528. The molecule has 118 valence electrons. The van der Waals surface area contributed by atoms with Crippen LogP contribution in [0.1, 0.15) is 82.5 Å². The lowest BCUT2D eigenvalue weighted by atomic mass is 9.75. The SMILES string of the molecule is CCC1CCC(n2c(C)cc3c2CC(C)(C)CC3O)C1C. The van der Waals surface area contributed by atoms with E-state index in [1.807, 2.05) is 0 Å². The van der Waals surface area contributed by atoms with Crippen molar-refractivity contribution in [2.24, 2.45) is 17.3 Å². The summed E-state index contributed by atoms with van der Waals surface area (Å²) in [5, 5.41) is 10.5. The molecule has 1 saturated carbocycles. The number of fused-ring (bicyclic) bond motifs is 1. The van der Waals surface area contributed by atoms with Gasteiger partial charge in [-0.1, -0.05) is 34.1 Å². The van der Waals surface area contributed by atoms with Crippen molar-refractivity contribution in [3.63, 3.8) is 0 Å². The van der Waals surface area contributed by atoms with E-state index < -0.39 is 0 Å². The van der Waals surface area contributed by atoms with Gasteiger partial charge in [-0.05, 0) is 55.9 Å². The molecule has 2 heteroatoms. The van der Waals surface area contributed by atoms with Crippen molar-refractivity contribution < 1.29 is 5.11 Å². The van der Waals surface area contributed by atoms with E-state index in [4.69, 9.17) is 0 Å². The zero-order valence-electron chi connectivity index (χ0n) is 14.3. The summed E-state index contributed by atoms with van der Waals surface area (Å²) < 4.78 is 2.60. The molecule has 0 saturated heterocycles. The molecule has 2 aliphatic rings. The topological polar surface area (TPSA) is 25.2 Å². The van der Waals surface area contributed by atoms with Crippen LogP contribution in [0.5, 0.6) is 0 Å². The molecule has 0 spiro atoms. The van der Waals surface area contributed by atoms with Crippen LogP contribution in [0.2, 0.25) is 0 Å². The minimum absolute atomic E-state index is 0.209. The molecule has 2 aliphatic carbocycles. The van der Waals surface area contributed by atoms with Crippen LogP contribution in [0, 0.1) is 24.2 Å². The van der Waals surface area contributed by atoms with Gasteiger partial charge in [-0.15, -0.1) is 0 Å². The van der Waals surface area contributed by atoms with Gasteiger partial charge >= 0.3 is 0 Å². The number of aliphatic hydroxyl groups is 1. The summed E-state index contributed by atoms with van der Waals surface area (Å²) in [5.74, 6) is 1.63. The van der Waals surface area contributed by atoms with Gasteiger partial charge in [0.25, 0.3) is 0 Å². The fraction of sp³-hybridized carbons (Fsp3) is 0.789. The lowest BCUT2D eigenvalue weighted by molar-refractivity contribution is 0.0969. The number of nitrogens with zero attached hydrogens (tertiary/aromatic N) is 1. The standard InChI is InChI=1S/C19H31NO/c1-6-14-7-8-16(13(14)3)20-12(2)9-15-17(20)10-19(4,5)11-18(15)21/h9,13-14,16,18,21H,6-8,10-11H2,1-5H3. The number of rotatable bonds is 2. The Morgan fingerprint density at radius 1 is 1.33 bits per heavy atom. The molecule has 2 nitrogen and oxygen atoms in total. The highest BCUT2D eigenvalue weighted by Crippen LogP contribution is 2.47. The Kier molecular flexibility index (Phi) is 3.72. The second-order valence-corrected chi connectivity index (χ2v) is 8.29. The lowest BCUT2D eigenvalue weighted by Crippen LogP contribution is -2.28. The first-order valence-electron chi connectivity index (χ1n) is 8.72. The third-order valence-corrected chi connectivity index (χ3v) is 6.16. The summed E-state index contributed by atoms with van der Waals surface area (Å²) in [5.41, 5.74) is 4.19. The van der Waals surface area contributed by atoms with Crippen LogP contribution in [0.15, 0.2) is 6.07 Å². The second-order valence-electron chi connectivity index (χ2n) is 8.29. The van der Waals surface area contributed by atoms with E-state index in [-0.39, 0.29) is 11.5 Å². The monoisotopic (exact) mass is 289 g/mol. The molecule has 1 fully saturated rings. The number of aliphatic hydroxyl groups excluding tert-OH is 1. The normalized spacial score (nSPS) is 35.0. The Morgan fingerprint density at radius 2 is 2.05 bits per heavy atom. The van der Waals surface area contributed by atoms with Crippen molar-refractivity contribution in [2.75, 3.05) is 0 Å². The van der Waals surface area contributed by atoms with Crippen LogP contribution in [0.4, 0.5) is 0 Å². The zero-order chi connectivity index (χ0) is 15.4. The van der Waals surface area contributed by atoms with Crippen molar-refractivity contribution >= 4 is 0 Å². The highest BCUT2D eigenvalue weighted by atomic mass is 16.3. The molecular formula is C19H31NO. The predicted octanol–water partition coefficient (Wildman–Crippen LogP) is 4.80. The minimum Gasteiger partial charge on any atom is -0.388 e. The predicted molar refractivity (Wildman–Crippen MR) is 87.4 cm³/mol. The Morgan fingerprint density at radius 3 is 2.67 bits per heavy atom. The van der Waals surface area contributed by atoms with Gasteiger partial charge in [0, 0.05) is 23.0 Å². The van der Waals surface area contributed by atoms with Crippen molar-refractivity contribution in [3.8, 4) is 0 Å². The summed E-state index contributed by atoms with van der Waals surface area (Å²) in [4.78, 5) is 0. The lowest BCUT2D eigenvalue weighted by Gasteiger charge is -2.35. The molecule has 0 radical (unpaired) electrons. The molecule has 4 atom stereocenters. The van der Waals surface area contributed by atoms with Crippen LogP contribution in [0.3, 0.4) is 0 Å². The maximum atomic E-state index is 10.5. The average Bonchev–Trinajstić information content (AvgIpc) is 2.89. The van der Waals surface area contributed by atoms with E-state index in [0.717, 1.165) is 24.7 Å². The molecule has 0 bridgehead atoms. The van der Waals surface area contributed by atoms with Crippen molar-refractivity contribution in [2.45, 2.75) is 78.9 Å². The molecule has 1 N–H and O–H groups in total. The van der Waals surface area contributed by atoms with Gasteiger partial charge in [-0.3, -0.25) is 0 Å². The third-order valence-electron chi connectivity index (χ3n) is 6.16. The van der Waals surface area contributed by atoms with E-state index in [2.05, 4.69) is 45.3 Å². The Balaban J connectivity index is 2.01. The van der Waals surface area contributed by atoms with Gasteiger partial charge in [-0.25, -0.2) is 0 Å². The van der Waals surface area contributed by atoms with E-state index in [1.54, 1.807) is 0 Å². The van der Waals surface area contributed by atoms with Gasteiger partial charge in [0.2, 0.25) is 0 Å². The molecule has 0 aromatic carbocycles. The van der Waals surface area contributed by atoms with Crippen molar-refractivity contribution in [1.29, 1.82) is 0 Å². The van der Waals surface area contributed by atoms with Crippen molar-refractivity contribution in [3.05, 3.63) is 23.0 Å². The average molecular weight is 289 g/mol. The fourth-order valence-corrected chi connectivity index (χ4v) is 4.99. The molecule has 1 aromatic heterocycles. The minimum atomic E-state index is -0.276. The molecule has 21 heavy (non-hydrogen) atoms. The van der Waals surface area contributed by atoms with Crippen LogP contribution >= 0.6 is 0 Å². The molecule has 4 unspecified atom stereocenters. The fourth-order valence-electron chi connectivity index (χ4n) is 4.99. The number of aryl methyl sites for hydroxylation is 1. The largest absolute Gasteiger partial charge is 0.388 e. The van der Waals surface area contributed by atoms with E-state index in [1.165, 1.54) is 36.2 Å². The van der Waals surface area contributed by atoms with Gasteiger partial charge in [0.1, 0.15) is 0 Å². The Hall–Kier alpha value is -0.760. The number of aromatic nitrogens is 1. The summed E-state index contributed by atoms with van der Waals surface area (Å²) in [6, 6.07) is 2.89. The first-order valence-corrected chi connectivity index (χ1v) is 8.72. The molecule has 1 aromatic rings. The molecular weight excluding hydrogens is 258 g/mol. The van der Waals surface area contributed by atoms with E-state index >= 15 is 0 Å². The number of hydrogen-bond donors (Lipinski definition) is 1. The zero-order valence-corrected chi connectivity index (χ0v) is 14.3. The molecule has 3 rings (SSSR count). The van der Waals surface area contributed by atoms with Gasteiger partial charge in [0.15, 0.2) is 0 Å². The quantitative estimate of drug-likeness (QED) is 0.831. The summed E-state index contributed by atoms with van der Waals surface area (Å²) in [6.07, 6.45) is 5.68. The Labute approximate surface area is 129 Å². The highest BCUT2D eigenvalue weighted by Gasteiger charge is 2.39. The smallest absolute Gasteiger partial charge is 0.0812 e. The summed E-state index contributed by atoms with van der Waals surface area (Å²) in [7, 11) is 0. The van der Waals surface area contributed by atoms with Crippen LogP contribution in [-0.4, -0.2) is 9.67 Å². The van der Waals surface area contributed by atoms with Gasteiger partial charge in [-0.2, -0.15) is 0 Å². The second kappa shape index (κ2) is 5.15. The van der Waals surface area contributed by atoms with Crippen molar-refractivity contribution in [1.82, 2.24) is 4.57 Å². The van der Waals surface area contributed by atoms with Gasteiger partial charge < -0.3 is 9.67 Å². The highest BCUT2D eigenvalue weighted by molar-refractivity contribution is 5.34. The van der Waals surface area contributed by atoms with E-state index in [9.17, 15) is 5.11 Å². The summed E-state index contributed by atoms with van der Waals surface area (Å²) in [6.45, 7) is 11.6. The van der Waals surface area contributed by atoms with Gasteiger partial charge in [0.05, 0.1) is 6.10 Å². The molecule has 0 amide bonds. The van der Waals surface area contributed by atoms with E-state index in [0.29, 0.717) is 6.04 Å².